The number of carbonyl (C=O) groups is 3. The first-order valence-electron chi connectivity index (χ1n) is 8.13. The fraction of sp³-hybridized carbons (Fsp3) is 0.167. The fourth-order valence-electron chi connectivity index (χ4n) is 2.70. The van der Waals surface area contributed by atoms with Crippen LogP contribution in [0.4, 0.5) is 38.1 Å². The lowest BCUT2D eigenvalue weighted by molar-refractivity contribution is -0.140. The number of amides is 4. The summed E-state index contributed by atoms with van der Waals surface area (Å²) in [7, 11) is 0. The van der Waals surface area contributed by atoms with Gasteiger partial charge in [0.05, 0.1) is 11.3 Å². The number of benzene rings is 2. The van der Waals surface area contributed by atoms with Crippen molar-refractivity contribution < 1.29 is 36.3 Å². The molecule has 0 spiro atoms. The van der Waals surface area contributed by atoms with Gasteiger partial charge in [-0.05, 0) is 42.5 Å². The molecule has 29 heavy (non-hydrogen) atoms. The van der Waals surface area contributed by atoms with Crippen LogP contribution < -0.4 is 15.5 Å². The Bertz CT molecular complexity index is 976. The summed E-state index contributed by atoms with van der Waals surface area (Å²) in [5.41, 5.74) is -1.94. The number of nitrogens with zero attached hydrogens (tertiary/aromatic N) is 1. The lowest BCUT2D eigenvalue weighted by Crippen LogP contribution is -2.58. The smallest absolute Gasteiger partial charge is 0.336 e. The van der Waals surface area contributed by atoms with Gasteiger partial charge in [0.1, 0.15) is 17.6 Å². The van der Waals surface area contributed by atoms with Gasteiger partial charge in [0.25, 0.3) is 0 Å². The minimum Gasteiger partial charge on any atom is -0.336 e. The van der Waals surface area contributed by atoms with E-state index in [2.05, 4.69) is 10.6 Å². The van der Waals surface area contributed by atoms with Crippen LogP contribution in [0.1, 0.15) is 5.56 Å². The SMILES string of the molecule is O=C(Nc1ccc(F)c(C(F)(F)F)c1)C1CNC(=O)N(c2ccc(F)cc2)C1=O. The molecule has 0 radical (unpaired) electrons. The summed E-state index contributed by atoms with van der Waals surface area (Å²) in [4.78, 5) is 37.7. The summed E-state index contributed by atoms with van der Waals surface area (Å²) in [6.07, 6.45) is -4.97. The molecule has 2 N–H and O–H groups in total. The number of carbonyl (C=O) groups excluding carboxylic acids is 3. The topological polar surface area (TPSA) is 78.5 Å². The first-order valence-corrected chi connectivity index (χ1v) is 8.13. The molecule has 1 fully saturated rings. The molecule has 152 valence electrons. The number of rotatable bonds is 3. The molecule has 2 aromatic rings. The summed E-state index contributed by atoms with van der Waals surface area (Å²) in [6.45, 7) is -0.394. The van der Waals surface area contributed by atoms with Gasteiger partial charge in [0.2, 0.25) is 11.8 Å². The Kier molecular flexibility index (Phi) is 5.23. The quantitative estimate of drug-likeness (QED) is 0.599. The molecule has 11 heteroatoms. The minimum absolute atomic E-state index is 0.00698. The van der Waals surface area contributed by atoms with Crippen molar-refractivity contribution in [2.45, 2.75) is 6.18 Å². The Labute approximate surface area is 160 Å². The lowest BCUT2D eigenvalue weighted by Gasteiger charge is -2.30. The summed E-state index contributed by atoms with van der Waals surface area (Å²) in [6, 6.07) is 5.34. The summed E-state index contributed by atoms with van der Waals surface area (Å²) in [5, 5.41) is 4.42. The Hall–Kier alpha value is -3.50. The molecule has 0 aliphatic carbocycles. The minimum atomic E-state index is -4.97. The van der Waals surface area contributed by atoms with Crippen molar-refractivity contribution in [1.29, 1.82) is 0 Å². The fourth-order valence-corrected chi connectivity index (χ4v) is 2.70. The van der Waals surface area contributed by atoms with E-state index in [0.29, 0.717) is 17.0 Å². The van der Waals surface area contributed by atoms with E-state index in [9.17, 15) is 36.3 Å². The highest BCUT2D eigenvalue weighted by Crippen LogP contribution is 2.33. The number of urea groups is 1. The van der Waals surface area contributed by atoms with Gasteiger partial charge >= 0.3 is 12.2 Å². The molecule has 1 atom stereocenters. The van der Waals surface area contributed by atoms with E-state index in [-0.39, 0.29) is 11.4 Å². The van der Waals surface area contributed by atoms with Gasteiger partial charge in [-0.3, -0.25) is 9.59 Å². The first-order chi connectivity index (χ1) is 13.6. The maximum absolute atomic E-state index is 13.4. The normalized spacial score (nSPS) is 17.1. The van der Waals surface area contributed by atoms with Gasteiger partial charge in [-0.2, -0.15) is 13.2 Å². The lowest BCUT2D eigenvalue weighted by atomic mass is 10.0. The largest absolute Gasteiger partial charge is 0.419 e. The van der Waals surface area contributed by atoms with E-state index in [0.717, 1.165) is 30.3 Å². The summed E-state index contributed by atoms with van der Waals surface area (Å²) < 4.78 is 64.8. The number of hydrogen-bond acceptors (Lipinski definition) is 3. The molecule has 1 heterocycles. The van der Waals surface area contributed by atoms with Crippen LogP contribution in [0.15, 0.2) is 42.5 Å². The van der Waals surface area contributed by atoms with Gasteiger partial charge in [-0.1, -0.05) is 0 Å². The Balaban J connectivity index is 1.82. The predicted molar refractivity (Wildman–Crippen MR) is 90.8 cm³/mol. The maximum atomic E-state index is 13.4. The van der Waals surface area contributed by atoms with Crippen molar-refractivity contribution in [3.05, 3.63) is 59.7 Å². The van der Waals surface area contributed by atoms with Gasteiger partial charge < -0.3 is 10.6 Å². The Morgan fingerprint density at radius 3 is 2.34 bits per heavy atom. The van der Waals surface area contributed by atoms with Gasteiger partial charge in [0, 0.05) is 12.2 Å². The monoisotopic (exact) mass is 413 g/mol. The molecule has 0 aromatic heterocycles. The second kappa shape index (κ2) is 7.49. The Morgan fingerprint density at radius 2 is 1.72 bits per heavy atom. The highest BCUT2D eigenvalue weighted by atomic mass is 19.4. The molecule has 2 aromatic carbocycles. The number of imide groups is 1. The molecular weight excluding hydrogens is 401 g/mol. The number of hydrogen-bond donors (Lipinski definition) is 2. The molecule has 1 aliphatic heterocycles. The van der Waals surface area contributed by atoms with E-state index in [1.54, 1.807) is 0 Å². The molecule has 1 unspecified atom stereocenters. The Morgan fingerprint density at radius 1 is 1.07 bits per heavy atom. The van der Waals surface area contributed by atoms with E-state index in [1.165, 1.54) is 0 Å². The number of nitrogens with one attached hydrogen (secondary N) is 2. The van der Waals surface area contributed by atoms with Crippen molar-refractivity contribution >= 4 is 29.2 Å². The van der Waals surface area contributed by atoms with Crippen molar-refractivity contribution in [1.82, 2.24) is 5.32 Å². The zero-order valence-electron chi connectivity index (χ0n) is 14.4. The van der Waals surface area contributed by atoms with Crippen molar-refractivity contribution in [2.75, 3.05) is 16.8 Å². The zero-order valence-corrected chi connectivity index (χ0v) is 14.4. The van der Waals surface area contributed by atoms with Crippen LogP contribution in [-0.2, 0) is 15.8 Å². The molecule has 4 amide bonds. The third-order valence-electron chi connectivity index (χ3n) is 4.12. The third kappa shape index (κ3) is 4.18. The van der Waals surface area contributed by atoms with Crippen molar-refractivity contribution in [3.8, 4) is 0 Å². The average Bonchev–Trinajstić information content (AvgIpc) is 2.64. The predicted octanol–water partition coefficient (Wildman–Crippen LogP) is 3.29. The van der Waals surface area contributed by atoms with Crippen LogP contribution in [0.5, 0.6) is 0 Å². The van der Waals surface area contributed by atoms with Gasteiger partial charge in [-0.15, -0.1) is 0 Å². The third-order valence-corrected chi connectivity index (χ3v) is 4.12. The van der Waals surface area contributed by atoms with E-state index >= 15 is 0 Å². The molecule has 1 saturated heterocycles. The van der Waals surface area contributed by atoms with Crippen molar-refractivity contribution in [3.63, 3.8) is 0 Å². The summed E-state index contributed by atoms with van der Waals surface area (Å²) >= 11 is 0. The molecular formula is C18H12F5N3O3. The molecule has 1 aliphatic rings. The van der Waals surface area contributed by atoms with Crippen LogP contribution in [0.2, 0.25) is 0 Å². The highest BCUT2D eigenvalue weighted by molar-refractivity contribution is 6.23. The second-order valence-electron chi connectivity index (χ2n) is 6.07. The van der Waals surface area contributed by atoms with Gasteiger partial charge in [0.15, 0.2) is 0 Å². The average molecular weight is 413 g/mol. The van der Waals surface area contributed by atoms with Crippen molar-refractivity contribution in [2.24, 2.45) is 5.92 Å². The molecule has 6 nitrogen and oxygen atoms in total. The van der Waals surface area contributed by atoms with Crippen LogP contribution in [0, 0.1) is 17.6 Å². The van der Waals surface area contributed by atoms with E-state index < -0.39 is 53.7 Å². The van der Waals surface area contributed by atoms with E-state index in [1.807, 2.05) is 0 Å². The maximum Gasteiger partial charge on any atom is 0.419 e. The molecule has 0 bridgehead atoms. The zero-order chi connectivity index (χ0) is 21.3. The number of halogens is 5. The van der Waals surface area contributed by atoms with Crippen LogP contribution in [0.25, 0.3) is 0 Å². The first kappa shape index (κ1) is 20.2. The van der Waals surface area contributed by atoms with Crippen LogP contribution in [-0.4, -0.2) is 24.4 Å². The second-order valence-corrected chi connectivity index (χ2v) is 6.07. The van der Waals surface area contributed by atoms with Crippen LogP contribution >= 0.6 is 0 Å². The molecule has 3 rings (SSSR count). The molecule has 0 saturated carbocycles. The number of alkyl halides is 3. The highest BCUT2D eigenvalue weighted by Gasteiger charge is 2.40. The standard InChI is InChI=1S/C18H12F5N3O3/c19-9-1-4-11(5-2-9)26-16(28)12(8-24-17(26)29)15(27)25-10-3-6-14(20)13(7-10)18(21,22)23/h1-7,12H,8H2,(H,24,29)(H,25,27). The van der Waals surface area contributed by atoms with E-state index in [4.69, 9.17) is 0 Å². The number of anilines is 2. The van der Waals surface area contributed by atoms with Crippen LogP contribution in [0.3, 0.4) is 0 Å². The summed E-state index contributed by atoms with van der Waals surface area (Å²) in [5.74, 6) is -5.53. The van der Waals surface area contributed by atoms with Gasteiger partial charge in [-0.25, -0.2) is 18.5 Å².